The molecule has 8 heteroatoms. The van der Waals surface area contributed by atoms with Gasteiger partial charge in [0.25, 0.3) is 0 Å². The summed E-state index contributed by atoms with van der Waals surface area (Å²) < 4.78 is 64.7. The minimum atomic E-state index is -4.50. The molecule has 124 valence electrons. The van der Waals surface area contributed by atoms with Crippen LogP contribution in [0.5, 0.6) is 0 Å². The van der Waals surface area contributed by atoms with Crippen molar-refractivity contribution in [2.75, 3.05) is 5.33 Å². The molecule has 0 aliphatic rings. The maximum atomic E-state index is 12.5. The first-order valence-electron chi connectivity index (χ1n) is 6.54. The fourth-order valence-corrected chi connectivity index (χ4v) is 3.93. The summed E-state index contributed by atoms with van der Waals surface area (Å²) in [5, 5.41) is 0.330. The lowest BCUT2D eigenvalue weighted by atomic mass is 10.1. The van der Waals surface area contributed by atoms with Crippen LogP contribution in [0.4, 0.5) is 13.2 Å². The molecule has 0 aromatic heterocycles. The highest BCUT2D eigenvalue weighted by Crippen LogP contribution is 2.30. The molecule has 0 amide bonds. The molecule has 0 saturated carbocycles. The summed E-state index contributed by atoms with van der Waals surface area (Å²) in [6, 6.07) is 11.8. The lowest BCUT2D eigenvalue weighted by Crippen LogP contribution is -2.29. The maximum Gasteiger partial charge on any atom is 0.416 e. The van der Waals surface area contributed by atoms with Crippen molar-refractivity contribution in [2.45, 2.75) is 17.1 Å². The Morgan fingerprint density at radius 1 is 1.00 bits per heavy atom. The summed E-state index contributed by atoms with van der Waals surface area (Å²) in [4.78, 5) is -0.215. The standard InChI is InChI=1S/C15H13BrF3NO2S/c16-10-14(11-4-2-1-3-5-11)20-23(21,22)13-8-6-12(7-9-13)15(17,18)19/h1-9,14,20H,10H2/t14-/m0/s1. The fraction of sp³-hybridized carbons (Fsp3) is 0.200. The minimum absolute atomic E-state index is 0.215. The second kappa shape index (κ2) is 7.02. The summed E-state index contributed by atoms with van der Waals surface area (Å²) in [5.41, 5.74) is -0.142. The average molecular weight is 408 g/mol. The average Bonchev–Trinajstić information content (AvgIpc) is 2.53. The van der Waals surface area contributed by atoms with Crippen molar-refractivity contribution in [3.8, 4) is 0 Å². The molecule has 0 radical (unpaired) electrons. The molecular formula is C15H13BrF3NO2S. The van der Waals surface area contributed by atoms with Crippen LogP contribution in [0.25, 0.3) is 0 Å². The number of nitrogens with one attached hydrogen (secondary N) is 1. The van der Waals surface area contributed by atoms with E-state index >= 15 is 0 Å². The van der Waals surface area contributed by atoms with Gasteiger partial charge in [-0.3, -0.25) is 0 Å². The molecule has 0 bridgehead atoms. The SMILES string of the molecule is O=S(=O)(N[C@@H](CBr)c1ccccc1)c1ccc(C(F)(F)F)cc1. The van der Waals surface area contributed by atoms with Gasteiger partial charge in [-0.15, -0.1) is 0 Å². The Hall–Kier alpha value is -1.38. The Labute approximate surface area is 140 Å². The van der Waals surface area contributed by atoms with Crippen LogP contribution in [0.15, 0.2) is 59.5 Å². The maximum absolute atomic E-state index is 12.5. The van der Waals surface area contributed by atoms with Crippen molar-refractivity contribution in [3.05, 3.63) is 65.7 Å². The third-order valence-electron chi connectivity index (χ3n) is 3.15. The predicted molar refractivity (Wildman–Crippen MR) is 84.7 cm³/mol. The van der Waals surface area contributed by atoms with E-state index in [0.29, 0.717) is 5.33 Å². The first-order valence-corrected chi connectivity index (χ1v) is 9.15. The van der Waals surface area contributed by atoms with Gasteiger partial charge < -0.3 is 0 Å². The summed E-state index contributed by atoms with van der Waals surface area (Å²) in [5.74, 6) is 0. The lowest BCUT2D eigenvalue weighted by molar-refractivity contribution is -0.137. The Morgan fingerprint density at radius 2 is 1.57 bits per heavy atom. The number of benzene rings is 2. The van der Waals surface area contributed by atoms with Crippen molar-refractivity contribution in [3.63, 3.8) is 0 Å². The van der Waals surface area contributed by atoms with Gasteiger partial charge in [0.2, 0.25) is 10.0 Å². The van der Waals surface area contributed by atoms with Crippen molar-refractivity contribution in [2.24, 2.45) is 0 Å². The zero-order valence-electron chi connectivity index (χ0n) is 11.7. The van der Waals surface area contributed by atoms with Gasteiger partial charge in [0.15, 0.2) is 0 Å². The topological polar surface area (TPSA) is 46.2 Å². The fourth-order valence-electron chi connectivity index (χ4n) is 1.95. The monoisotopic (exact) mass is 407 g/mol. The molecule has 1 N–H and O–H groups in total. The molecular weight excluding hydrogens is 395 g/mol. The summed E-state index contributed by atoms with van der Waals surface area (Å²) >= 11 is 3.24. The smallest absolute Gasteiger partial charge is 0.207 e. The predicted octanol–water partition coefficient (Wildman–Crippen LogP) is 4.12. The van der Waals surface area contributed by atoms with Crippen LogP contribution in [-0.2, 0) is 16.2 Å². The van der Waals surface area contributed by atoms with E-state index in [9.17, 15) is 21.6 Å². The number of halogens is 4. The molecule has 2 aromatic rings. The van der Waals surface area contributed by atoms with Gasteiger partial charge in [-0.05, 0) is 29.8 Å². The zero-order valence-corrected chi connectivity index (χ0v) is 14.1. The molecule has 3 nitrogen and oxygen atoms in total. The van der Waals surface area contributed by atoms with Gasteiger partial charge >= 0.3 is 6.18 Å². The number of sulfonamides is 1. The molecule has 2 rings (SSSR count). The van der Waals surface area contributed by atoms with E-state index < -0.39 is 27.8 Å². The van der Waals surface area contributed by atoms with Gasteiger partial charge in [0, 0.05) is 5.33 Å². The molecule has 0 heterocycles. The van der Waals surface area contributed by atoms with Crippen molar-refractivity contribution in [1.82, 2.24) is 4.72 Å². The first-order chi connectivity index (χ1) is 10.7. The van der Waals surface area contributed by atoms with Gasteiger partial charge in [-0.1, -0.05) is 46.3 Å². The van der Waals surface area contributed by atoms with Crippen molar-refractivity contribution < 1.29 is 21.6 Å². The molecule has 0 unspecified atom stereocenters. The minimum Gasteiger partial charge on any atom is -0.207 e. The third-order valence-corrected chi connectivity index (χ3v) is 5.28. The Morgan fingerprint density at radius 3 is 2.04 bits per heavy atom. The largest absolute Gasteiger partial charge is 0.416 e. The second-order valence-corrected chi connectivity index (χ2v) is 7.12. The summed E-state index contributed by atoms with van der Waals surface area (Å²) in [6.07, 6.45) is -4.50. The van der Waals surface area contributed by atoms with Crippen LogP contribution in [-0.4, -0.2) is 13.7 Å². The van der Waals surface area contributed by atoms with Crippen LogP contribution in [0.1, 0.15) is 17.2 Å². The van der Waals surface area contributed by atoms with Crippen molar-refractivity contribution >= 4 is 26.0 Å². The summed E-state index contributed by atoms with van der Waals surface area (Å²) in [6.45, 7) is 0. The molecule has 23 heavy (non-hydrogen) atoms. The quantitative estimate of drug-likeness (QED) is 0.757. The van der Waals surface area contributed by atoms with Crippen LogP contribution >= 0.6 is 15.9 Å². The van der Waals surface area contributed by atoms with E-state index in [-0.39, 0.29) is 4.90 Å². The van der Waals surface area contributed by atoms with E-state index in [4.69, 9.17) is 0 Å². The summed E-state index contributed by atoms with van der Waals surface area (Å²) in [7, 11) is -3.93. The molecule has 0 aliphatic heterocycles. The molecule has 0 aliphatic carbocycles. The van der Waals surface area contributed by atoms with Gasteiger partial charge in [0.1, 0.15) is 0 Å². The van der Waals surface area contributed by atoms with Crippen LogP contribution in [0.2, 0.25) is 0 Å². The van der Waals surface area contributed by atoms with Crippen LogP contribution in [0.3, 0.4) is 0 Å². The van der Waals surface area contributed by atoms with E-state index in [0.717, 1.165) is 29.8 Å². The van der Waals surface area contributed by atoms with Crippen molar-refractivity contribution in [1.29, 1.82) is 0 Å². The van der Waals surface area contributed by atoms with E-state index in [1.807, 2.05) is 0 Å². The lowest BCUT2D eigenvalue weighted by Gasteiger charge is -2.17. The molecule has 1 atom stereocenters. The first kappa shape index (κ1) is 18.0. The zero-order chi connectivity index (χ0) is 17.1. The Balaban J connectivity index is 2.24. The molecule has 0 saturated heterocycles. The number of alkyl halides is 4. The molecule has 0 fully saturated rings. The number of hydrogen-bond acceptors (Lipinski definition) is 2. The second-order valence-electron chi connectivity index (χ2n) is 4.76. The van der Waals surface area contributed by atoms with E-state index in [1.54, 1.807) is 30.3 Å². The number of hydrogen-bond donors (Lipinski definition) is 1. The normalized spacial score (nSPS) is 13.7. The highest BCUT2D eigenvalue weighted by Gasteiger charge is 2.31. The van der Waals surface area contributed by atoms with Gasteiger partial charge in [-0.2, -0.15) is 13.2 Å². The molecule has 2 aromatic carbocycles. The van der Waals surface area contributed by atoms with Crippen LogP contribution < -0.4 is 4.72 Å². The van der Waals surface area contributed by atoms with E-state index in [2.05, 4.69) is 20.7 Å². The van der Waals surface area contributed by atoms with Gasteiger partial charge in [0.05, 0.1) is 16.5 Å². The van der Waals surface area contributed by atoms with Gasteiger partial charge in [-0.25, -0.2) is 13.1 Å². The highest BCUT2D eigenvalue weighted by molar-refractivity contribution is 9.09. The number of rotatable bonds is 5. The van der Waals surface area contributed by atoms with E-state index in [1.165, 1.54) is 0 Å². The molecule has 0 spiro atoms. The Bertz CT molecular complexity index is 747. The Kier molecular flexibility index (Phi) is 5.49. The highest BCUT2D eigenvalue weighted by atomic mass is 79.9. The van der Waals surface area contributed by atoms with Crippen LogP contribution in [0, 0.1) is 0 Å². The third kappa shape index (κ3) is 4.55.